The number of fused-ring (bicyclic) bond motifs is 1. The number of nitrogens with one attached hydrogen (secondary N) is 2. The lowest BCUT2D eigenvalue weighted by Gasteiger charge is -2.30. The standard InChI is InChI=1S/C27H35N3O5/c1-17(2)14-23(26(33)30-13-7-10-24(30)27(34)35-4)29-25(32)22(28-18(3)31)16-19-11-12-20-8-5-6-9-21(20)15-19/h5-6,8-9,11-12,15,17,22-24H,7,10,13-14,16H2,1-4H3,(H,28,31)(H,29,32)/t22-,23-,24-/m0/s1. The molecule has 8 heteroatoms. The van der Waals surface area contributed by atoms with Crippen LogP contribution in [0.3, 0.4) is 0 Å². The Labute approximate surface area is 206 Å². The van der Waals surface area contributed by atoms with Gasteiger partial charge in [0.05, 0.1) is 7.11 Å². The van der Waals surface area contributed by atoms with Gasteiger partial charge in [0.2, 0.25) is 17.7 Å². The molecule has 1 heterocycles. The number of hydrogen-bond donors (Lipinski definition) is 2. The number of rotatable bonds is 9. The highest BCUT2D eigenvalue weighted by Crippen LogP contribution is 2.22. The summed E-state index contributed by atoms with van der Waals surface area (Å²) in [5.74, 6) is -1.38. The highest BCUT2D eigenvalue weighted by molar-refractivity contribution is 5.94. The number of carbonyl (C=O) groups is 4. The summed E-state index contributed by atoms with van der Waals surface area (Å²) in [4.78, 5) is 52.3. The van der Waals surface area contributed by atoms with Crippen molar-refractivity contribution < 1.29 is 23.9 Å². The van der Waals surface area contributed by atoms with Gasteiger partial charge in [0.1, 0.15) is 18.1 Å². The van der Waals surface area contributed by atoms with Gasteiger partial charge in [0, 0.05) is 19.9 Å². The smallest absolute Gasteiger partial charge is 0.328 e. The number of nitrogens with zero attached hydrogens (tertiary/aromatic N) is 1. The molecule has 0 saturated carbocycles. The summed E-state index contributed by atoms with van der Waals surface area (Å²) in [5.41, 5.74) is 0.898. The molecule has 1 aliphatic rings. The Balaban J connectivity index is 1.79. The molecule has 3 amide bonds. The van der Waals surface area contributed by atoms with Gasteiger partial charge in [0.15, 0.2) is 0 Å². The number of methoxy groups -OCH3 is 1. The van der Waals surface area contributed by atoms with E-state index in [9.17, 15) is 19.2 Å². The Hall–Kier alpha value is -3.42. The van der Waals surface area contributed by atoms with Gasteiger partial charge in [-0.1, -0.05) is 56.3 Å². The molecule has 2 aromatic carbocycles. The molecule has 8 nitrogen and oxygen atoms in total. The van der Waals surface area contributed by atoms with Gasteiger partial charge in [-0.05, 0) is 41.5 Å². The molecule has 0 unspecified atom stereocenters. The Morgan fingerprint density at radius 3 is 2.40 bits per heavy atom. The third kappa shape index (κ3) is 6.81. The van der Waals surface area contributed by atoms with Crippen LogP contribution < -0.4 is 10.6 Å². The predicted molar refractivity (Wildman–Crippen MR) is 133 cm³/mol. The van der Waals surface area contributed by atoms with Gasteiger partial charge in [-0.25, -0.2) is 4.79 Å². The van der Waals surface area contributed by atoms with Crippen LogP contribution >= 0.6 is 0 Å². The Kier molecular flexibility index (Phi) is 8.84. The fourth-order valence-electron chi connectivity index (χ4n) is 4.63. The van der Waals surface area contributed by atoms with Gasteiger partial charge in [0.25, 0.3) is 0 Å². The quantitative estimate of drug-likeness (QED) is 0.536. The number of ether oxygens (including phenoxy) is 1. The van der Waals surface area contributed by atoms with Crippen LogP contribution in [0.1, 0.15) is 45.6 Å². The van der Waals surface area contributed by atoms with Crippen LogP contribution in [0.5, 0.6) is 0 Å². The van der Waals surface area contributed by atoms with Gasteiger partial charge in [-0.3, -0.25) is 14.4 Å². The molecule has 0 radical (unpaired) electrons. The van der Waals surface area contributed by atoms with Crippen LogP contribution in [0.4, 0.5) is 0 Å². The zero-order valence-electron chi connectivity index (χ0n) is 20.9. The van der Waals surface area contributed by atoms with Crippen LogP contribution in [0.15, 0.2) is 42.5 Å². The Bertz CT molecular complexity index is 1080. The molecule has 1 fully saturated rings. The Morgan fingerprint density at radius 2 is 1.74 bits per heavy atom. The molecule has 1 aliphatic heterocycles. The van der Waals surface area contributed by atoms with E-state index in [-0.39, 0.29) is 24.2 Å². The van der Waals surface area contributed by atoms with Crippen LogP contribution in [0.25, 0.3) is 10.8 Å². The van der Waals surface area contributed by atoms with E-state index in [1.807, 2.05) is 56.3 Å². The monoisotopic (exact) mass is 481 g/mol. The number of hydrogen-bond acceptors (Lipinski definition) is 5. The van der Waals surface area contributed by atoms with E-state index in [1.165, 1.54) is 18.9 Å². The normalized spacial score (nSPS) is 17.2. The lowest BCUT2D eigenvalue weighted by molar-refractivity contribution is -0.152. The summed E-state index contributed by atoms with van der Waals surface area (Å²) in [7, 11) is 1.31. The highest BCUT2D eigenvalue weighted by atomic mass is 16.5. The summed E-state index contributed by atoms with van der Waals surface area (Å²) in [6, 6.07) is 11.6. The SMILES string of the molecule is COC(=O)[C@@H]1CCCN1C(=O)[C@H](CC(C)C)NC(=O)[C@H](Cc1ccc2ccccc2c1)NC(C)=O. The maximum Gasteiger partial charge on any atom is 0.328 e. The maximum atomic E-state index is 13.4. The maximum absolute atomic E-state index is 13.4. The molecule has 0 aliphatic carbocycles. The molecule has 0 spiro atoms. The highest BCUT2D eigenvalue weighted by Gasteiger charge is 2.39. The molecule has 0 aromatic heterocycles. The average molecular weight is 482 g/mol. The molecule has 188 valence electrons. The van der Waals surface area contributed by atoms with E-state index in [0.717, 1.165) is 16.3 Å². The van der Waals surface area contributed by atoms with Crippen molar-refractivity contribution in [2.45, 2.75) is 64.6 Å². The third-order valence-electron chi connectivity index (χ3n) is 6.28. The summed E-state index contributed by atoms with van der Waals surface area (Å²) < 4.78 is 4.87. The van der Waals surface area contributed by atoms with Gasteiger partial charge in [-0.2, -0.15) is 0 Å². The van der Waals surface area contributed by atoms with E-state index in [1.54, 1.807) is 0 Å². The van der Waals surface area contributed by atoms with Crippen molar-refractivity contribution >= 4 is 34.5 Å². The number of amides is 3. The fraction of sp³-hybridized carbons (Fsp3) is 0.481. The van der Waals surface area contributed by atoms with E-state index in [2.05, 4.69) is 10.6 Å². The second kappa shape index (κ2) is 11.8. The molecule has 2 aromatic rings. The minimum Gasteiger partial charge on any atom is -0.467 e. The van der Waals surface area contributed by atoms with Crippen molar-refractivity contribution in [2.24, 2.45) is 5.92 Å². The first-order valence-corrected chi connectivity index (χ1v) is 12.1. The van der Waals surface area contributed by atoms with Gasteiger partial charge < -0.3 is 20.3 Å². The first-order chi connectivity index (χ1) is 16.7. The van der Waals surface area contributed by atoms with Crippen molar-refractivity contribution in [3.63, 3.8) is 0 Å². The number of esters is 1. The fourth-order valence-corrected chi connectivity index (χ4v) is 4.63. The largest absolute Gasteiger partial charge is 0.467 e. The molecule has 3 atom stereocenters. The topological polar surface area (TPSA) is 105 Å². The van der Waals surface area contributed by atoms with Crippen molar-refractivity contribution in [3.8, 4) is 0 Å². The van der Waals surface area contributed by atoms with E-state index in [0.29, 0.717) is 25.8 Å². The summed E-state index contributed by atoms with van der Waals surface area (Å²) in [6.07, 6.45) is 1.94. The molecule has 0 bridgehead atoms. The first kappa shape index (κ1) is 26.2. The molecule has 3 rings (SSSR count). The summed E-state index contributed by atoms with van der Waals surface area (Å²) in [5, 5.41) is 7.73. The van der Waals surface area contributed by atoms with Gasteiger partial charge in [-0.15, -0.1) is 0 Å². The molecule has 2 N–H and O–H groups in total. The predicted octanol–water partition coefficient (Wildman–Crippen LogP) is 2.58. The first-order valence-electron chi connectivity index (χ1n) is 12.1. The van der Waals surface area contributed by atoms with E-state index in [4.69, 9.17) is 4.74 Å². The van der Waals surface area contributed by atoms with Crippen molar-refractivity contribution in [1.82, 2.24) is 15.5 Å². The average Bonchev–Trinajstić information content (AvgIpc) is 3.31. The van der Waals surface area contributed by atoms with E-state index >= 15 is 0 Å². The van der Waals surface area contributed by atoms with Crippen molar-refractivity contribution in [1.29, 1.82) is 0 Å². The minimum absolute atomic E-state index is 0.128. The van der Waals surface area contributed by atoms with Gasteiger partial charge >= 0.3 is 5.97 Å². The zero-order chi connectivity index (χ0) is 25.5. The Morgan fingerprint density at radius 1 is 1.03 bits per heavy atom. The van der Waals surface area contributed by atoms with E-state index < -0.39 is 30.0 Å². The lowest BCUT2D eigenvalue weighted by Crippen LogP contribution is -2.56. The van der Waals surface area contributed by atoms with Crippen molar-refractivity contribution in [2.75, 3.05) is 13.7 Å². The molecular weight excluding hydrogens is 446 g/mol. The van der Waals surface area contributed by atoms with Crippen LogP contribution in [-0.4, -0.2) is 60.4 Å². The zero-order valence-corrected chi connectivity index (χ0v) is 20.9. The van der Waals surface area contributed by atoms with Crippen LogP contribution in [-0.2, 0) is 30.3 Å². The number of benzene rings is 2. The molecule has 1 saturated heterocycles. The van der Waals surface area contributed by atoms with Crippen molar-refractivity contribution in [3.05, 3.63) is 48.0 Å². The summed E-state index contributed by atoms with van der Waals surface area (Å²) >= 11 is 0. The van der Waals surface area contributed by atoms with Crippen LogP contribution in [0, 0.1) is 5.92 Å². The minimum atomic E-state index is -0.842. The third-order valence-corrected chi connectivity index (χ3v) is 6.28. The molecule has 35 heavy (non-hydrogen) atoms. The number of carbonyl (C=O) groups excluding carboxylic acids is 4. The number of likely N-dealkylation sites (tertiary alicyclic amines) is 1. The lowest BCUT2D eigenvalue weighted by atomic mass is 9.99. The summed E-state index contributed by atoms with van der Waals surface area (Å²) in [6.45, 7) is 5.74. The second-order valence-electron chi connectivity index (χ2n) is 9.54. The second-order valence-corrected chi connectivity index (χ2v) is 9.54. The van der Waals surface area contributed by atoms with Crippen LogP contribution in [0.2, 0.25) is 0 Å². The molecular formula is C27H35N3O5.